The predicted molar refractivity (Wildman–Crippen MR) is 94.5 cm³/mol. The van der Waals surface area contributed by atoms with E-state index in [1.807, 2.05) is 6.07 Å². The van der Waals surface area contributed by atoms with Crippen molar-refractivity contribution in [2.24, 2.45) is 0 Å². The average molecular weight is 416 g/mol. The Morgan fingerprint density at radius 3 is 2.54 bits per heavy atom. The number of halogens is 1. The summed E-state index contributed by atoms with van der Waals surface area (Å²) >= 11 is 3.39. The molecule has 0 fully saturated rings. The molecule has 0 spiro atoms. The Labute approximate surface area is 149 Å². The number of hydrogen-bond donors (Lipinski definition) is 2. The molecule has 1 atom stereocenters. The van der Waals surface area contributed by atoms with E-state index in [1.165, 1.54) is 13.2 Å². The minimum Gasteiger partial charge on any atom is -0.480 e. The van der Waals surface area contributed by atoms with Crippen molar-refractivity contribution >= 4 is 42.7 Å². The summed E-state index contributed by atoms with van der Waals surface area (Å²) in [5, 5.41) is 10.5. The SMILES string of the molecule is COCCC[C@H](NS(=O)(=O)c1ccc(Br)c2ccccc12)C(=O)O. The van der Waals surface area contributed by atoms with Gasteiger partial charge in [0.25, 0.3) is 0 Å². The fourth-order valence-electron chi connectivity index (χ4n) is 2.38. The molecule has 0 amide bonds. The molecule has 0 saturated heterocycles. The lowest BCUT2D eigenvalue weighted by Crippen LogP contribution is -2.40. The fraction of sp³-hybridized carbons (Fsp3) is 0.312. The van der Waals surface area contributed by atoms with Crippen LogP contribution in [0.5, 0.6) is 0 Å². The lowest BCUT2D eigenvalue weighted by molar-refractivity contribution is -0.139. The molecule has 130 valence electrons. The van der Waals surface area contributed by atoms with Crippen molar-refractivity contribution in [2.75, 3.05) is 13.7 Å². The molecule has 2 N–H and O–H groups in total. The molecule has 6 nitrogen and oxygen atoms in total. The van der Waals surface area contributed by atoms with Gasteiger partial charge in [0.2, 0.25) is 10.0 Å². The van der Waals surface area contributed by atoms with Gasteiger partial charge in [-0.05, 0) is 30.4 Å². The Balaban J connectivity index is 2.36. The fourth-order valence-corrected chi connectivity index (χ4v) is 4.30. The number of benzene rings is 2. The van der Waals surface area contributed by atoms with Crippen LogP contribution in [0.25, 0.3) is 10.8 Å². The molecule has 0 unspecified atom stereocenters. The molecule has 2 aromatic carbocycles. The Hall–Kier alpha value is -1.48. The van der Waals surface area contributed by atoms with Gasteiger partial charge in [0.15, 0.2) is 0 Å². The smallest absolute Gasteiger partial charge is 0.321 e. The molecular formula is C16H18BrNO5S. The summed E-state index contributed by atoms with van der Waals surface area (Å²) in [6, 6.07) is 8.93. The maximum absolute atomic E-state index is 12.7. The lowest BCUT2D eigenvalue weighted by Gasteiger charge is -2.16. The second-order valence-corrected chi connectivity index (χ2v) is 7.77. The highest BCUT2D eigenvalue weighted by molar-refractivity contribution is 9.10. The largest absolute Gasteiger partial charge is 0.480 e. The Kier molecular flexibility index (Phi) is 6.34. The van der Waals surface area contributed by atoms with Crippen molar-refractivity contribution in [1.29, 1.82) is 0 Å². The van der Waals surface area contributed by atoms with Crippen LogP contribution >= 0.6 is 15.9 Å². The molecule has 0 radical (unpaired) electrons. The molecule has 8 heteroatoms. The molecule has 0 bridgehead atoms. The van der Waals surface area contributed by atoms with Crippen molar-refractivity contribution in [3.63, 3.8) is 0 Å². The first-order valence-corrected chi connectivity index (χ1v) is 9.56. The van der Waals surface area contributed by atoms with Crippen LogP contribution in [0.15, 0.2) is 45.8 Å². The van der Waals surface area contributed by atoms with Gasteiger partial charge in [-0.2, -0.15) is 4.72 Å². The zero-order valence-corrected chi connectivity index (χ0v) is 15.4. The van der Waals surface area contributed by atoms with Crippen LogP contribution in [0, 0.1) is 0 Å². The van der Waals surface area contributed by atoms with Gasteiger partial charge < -0.3 is 9.84 Å². The lowest BCUT2D eigenvalue weighted by atomic mass is 10.1. The van der Waals surface area contributed by atoms with E-state index in [1.54, 1.807) is 24.3 Å². The maximum atomic E-state index is 12.7. The highest BCUT2D eigenvalue weighted by atomic mass is 79.9. The van der Waals surface area contributed by atoms with E-state index in [9.17, 15) is 18.3 Å². The van der Waals surface area contributed by atoms with Crippen molar-refractivity contribution < 1.29 is 23.1 Å². The first-order chi connectivity index (χ1) is 11.4. The first kappa shape index (κ1) is 18.9. The number of carbonyl (C=O) groups is 1. The molecule has 0 aliphatic carbocycles. The molecule has 0 saturated carbocycles. The number of fused-ring (bicyclic) bond motifs is 1. The minimum atomic E-state index is -3.98. The van der Waals surface area contributed by atoms with E-state index in [0.29, 0.717) is 18.4 Å². The van der Waals surface area contributed by atoms with E-state index < -0.39 is 22.0 Å². The van der Waals surface area contributed by atoms with Crippen LogP contribution in [0.2, 0.25) is 0 Å². The van der Waals surface area contributed by atoms with Crippen LogP contribution in [-0.2, 0) is 19.6 Å². The number of rotatable bonds is 8. The van der Waals surface area contributed by atoms with E-state index in [4.69, 9.17) is 4.74 Å². The number of carboxylic acid groups (broad SMARTS) is 1. The summed E-state index contributed by atoms with van der Waals surface area (Å²) in [5.41, 5.74) is 0. The van der Waals surface area contributed by atoms with Gasteiger partial charge in [0, 0.05) is 23.6 Å². The van der Waals surface area contributed by atoms with Crippen LogP contribution in [0.4, 0.5) is 0 Å². The second-order valence-electron chi connectivity index (χ2n) is 5.24. The van der Waals surface area contributed by atoms with Crippen LogP contribution in [-0.4, -0.2) is 39.3 Å². The summed E-state index contributed by atoms with van der Waals surface area (Å²) < 4.78 is 33.3. The molecule has 0 heterocycles. The Morgan fingerprint density at radius 2 is 1.92 bits per heavy atom. The summed E-state index contributed by atoms with van der Waals surface area (Å²) in [6.07, 6.45) is 0.591. The summed E-state index contributed by atoms with van der Waals surface area (Å²) in [5.74, 6) is -1.21. The van der Waals surface area contributed by atoms with Crippen LogP contribution in [0.3, 0.4) is 0 Å². The van der Waals surface area contributed by atoms with E-state index in [-0.39, 0.29) is 11.3 Å². The molecule has 0 aliphatic heterocycles. The molecule has 24 heavy (non-hydrogen) atoms. The standard InChI is InChI=1S/C16H18BrNO5S/c1-23-10-4-7-14(16(19)20)18-24(21,22)15-9-8-13(17)11-5-2-3-6-12(11)15/h2-3,5-6,8-9,14,18H,4,7,10H2,1H3,(H,19,20)/t14-/m0/s1. The monoisotopic (exact) mass is 415 g/mol. The van der Waals surface area contributed by atoms with E-state index in [0.717, 1.165) is 9.86 Å². The summed E-state index contributed by atoms with van der Waals surface area (Å²) in [4.78, 5) is 11.4. The average Bonchev–Trinajstić information content (AvgIpc) is 2.54. The van der Waals surface area contributed by atoms with Crippen LogP contribution < -0.4 is 4.72 Å². The first-order valence-electron chi connectivity index (χ1n) is 7.28. The molecular weight excluding hydrogens is 398 g/mol. The van der Waals surface area contributed by atoms with Gasteiger partial charge in [0.1, 0.15) is 6.04 Å². The highest BCUT2D eigenvalue weighted by Gasteiger charge is 2.26. The third kappa shape index (κ3) is 4.32. The van der Waals surface area contributed by atoms with Gasteiger partial charge in [-0.1, -0.05) is 40.2 Å². The third-order valence-electron chi connectivity index (χ3n) is 3.56. The number of hydrogen-bond acceptors (Lipinski definition) is 4. The number of carboxylic acids is 1. The predicted octanol–water partition coefficient (Wildman–Crippen LogP) is 2.76. The Morgan fingerprint density at radius 1 is 1.25 bits per heavy atom. The van der Waals surface area contributed by atoms with Crippen LogP contribution in [0.1, 0.15) is 12.8 Å². The summed E-state index contributed by atoms with van der Waals surface area (Å²) in [7, 11) is -2.47. The van der Waals surface area contributed by atoms with Crippen molar-refractivity contribution in [1.82, 2.24) is 4.72 Å². The van der Waals surface area contributed by atoms with Gasteiger partial charge >= 0.3 is 5.97 Å². The maximum Gasteiger partial charge on any atom is 0.321 e. The molecule has 0 aliphatic rings. The normalized spacial score (nSPS) is 13.1. The zero-order valence-electron chi connectivity index (χ0n) is 13.0. The number of sulfonamides is 1. The van der Waals surface area contributed by atoms with Gasteiger partial charge in [-0.25, -0.2) is 8.42 Å². The highest BCUT2D eigenvalue weighted by Crippen LogP contribution is 2.29. The van der Waals surface area contributed by atoms with Crippen molar-refractivity contribution in [2.45, 2.75) is 23.8 Å². The number of nitrogens with one attached hydrogen (secondary N) is 1. The Bertz CT molecular complexity index is 837. The van der Waals surface area contributed by atoms with Gasteiger partial charge in [-0.3, -0.25) is 4.79 Å². The number of aliphatic carboxylic acids is 1. The quantitative estimate of drug-likeness (QED) is 0.646. The molecule has 2 rings (SSSR count). The number of ether oxygens (including phenoxy) is 1. The number of methoxy groups -OCH3 is 1. The van der Waals surface area contributed by atoms with Gasteiger partial charge in [-0.15, -0.1) is 0 Å². The van der Waals surface area contributed by atoms with Crippen molar-refractivity contribution in [3.05, 3.63) is 40.9 Å². The zero-order chi connectivity index (χ0) is 17.7. The third-order valence-corrected chi connectivity index (χ3v) is 5.78. The topological polar surface area (TPSA) is 92.7 Å². The molecule has 0 aromatic heterocycles. The molecule has 2 aromatic rings. The minimum absolute atomic E-state index is 0.0549. The second kappa shape index (κ2) is 8.06. The van der Waals surface area contributed by atoms with Crippen molar-refractivity contribution in [3.8, 4) is 0 Å². The van der Waals surface area contributed by atoms with Gasteiger partial charge in [0.05, 0.1) is 4.90 Å². The summed E-state index contributed by atoms with van der Waals surface area (Å²) in [6.45, 7) is 0.368. The van der Waals surface area contributed by atoms with E-state index in [2.05, 4.69) is 20.7 Å². The van der Waals surface area contributed by atoms with E-state index >= 15 is 0 Å².